The summed E-state index contributed by atoms with van der Waals surface area (Å²) in [5.74, 6) is 0. The number of aryl methyl sites for hydroxylation is 1. The summed E-state index contributed by atoms with van der Waals surface area (Å²) in [5, 5.41) is 5.41. The largest absolute Gasteiger partial charge is 0.275 e. The molecule has 0 saturated heterocycles. The molecule has 1 aromatic carbocycles. The standard InChI is InChI=1S/C14H19N3OS/c1-10(16-19(18)14(2,3)4)11-7-6-8-13-12(11)9-17(5)15-13/h6-9H,1-5H3/t19-/m0/s1. The van der Waals surface area contributed by atoms with Crippen molar-refractivity contribution < 1.29 is 4.21 Å². The van der Waals surface area contributed by atoms with Crippen LogP contribution in [0.5, 0.6) is 0 Å². The highest BCUT2D eigenvalue weighted by Crippen LogP contribution is 2.20. The number of benzene rings is 1. The van der Waals surface area contributed by atoms with E-state index in [9.17, 15) is 4.21 Å². The molecule has 0 unspecified atom stereocenters. The molecule has 0 spiro atoms. The molecule has 0 aliphatic carbocycles. The van der Waals surface area contributed by atoms with Crippen LogP contribution in [0.1, 0.15) is 33.3 Å². The van der Waals surface area contributed by atoms with Gasteiger partial charge in [-0.3, -0.25) is 4.68 Å². The first-order chi connectivity index (χ1) is 8.79. The van der Waals surface area contributed by atoms with Crippen molar-refractivity contribution in [3.05, 3.63) is 30.0 Å². The molecule has 19 heavy (non-hydrogen) atoms. The number of fused-ring (bicyclic) bond motifs is 1. The van der Waals surface area contributed by atoms with Gasteiger partial charge in [0.15, 0.2) is 0 Å². The van der Waals surface area contributed by atoms with E-state index < -0.39 is 11.0 Å². The van der Waals surface area contributed by atoms with E-state index in [1.807, 2.05) is 59.1 Å². The molecule has 0 fully saturated rings. The quantitative estimate of drug-likeness (QED) is 0.792. The van der Waals surface area contributed by atoms with Gasteiger partial charge in [0.2, 0.25) is 0 Å². The van der Waals surface area contributed by atoms with Crippen LogP contribution in [0.3, 0.4) is 0 Å². The molecule has 2 rings (SSSR count). The average Bonchev–Trinajstić information content (AvgIpc) is 2.67. The maximum atomic E-state index is 12.1. The fourth-order valence-corrected chi connectivity index (χ4v) is 2.41. The van der Waals surface area contributed by atoms with E-state index >= 15 is 0 Å². The number of rotatable bonds is 2. The second kappa shape index (κ2) is 4.89. The van der Waals surface area contributed by atoms with Crippen LogP contribution >= 0.6 is 0 Å². The molecule has 5 heteroatoms. The molecule has 2 aromatic rings. The van der Waals surface area contributed by atoms with Gasteiger partial charge < -0.3 is 0 Å². The summed E-state index contributed by atoms with van der Waals surface area (Å²) in [7, 11) is 0.649. The molecule has 4 nitrogen and oxygen atoms in total. The summed E-state index contributed by atoms with van der Waals surface area (Å²) >= 11 is 0. The minimum absolute atomic E-state index is 0.343. The van der Waals surface area contributed by atoms with Crippen molar-refractivity contribution in [3.63, 3.8) is 0 Å². The van der Waals surface area contributed by atoms with Gasteiger partial charge in [0.1, 0.15) is 11.0 Å². The van der Waals surface area contributed by atoms with Gasteiger partial charge in [0.25, 0.3) is 0 Å². The zero-order chi connectivity index (χ0) is 14.2. The monoisotopic (exact) mass is 277 g/mol. The number of hydrogen-bond acceptors (Lipinski definition) is 2. The summed E-state index contributed by atoms with van der Waals surface area (Å²) in [6, 6.07) is 5.90. The van der Waals surface area contributed by atoms with Gasteiger partial charge in [-0.05, 0) is 33.8 Å². The number of nitrogens with zero attached hydrogens (tertiary/aromatic N) is 3. The molecule has 0 saturated carbocycles. The summed E-state index contributed by atoms with van der Waals surface area (Å²) in [6.07, 6.45) is 1.96. The van der Waals surface area contributed by atoms with Gasteiger partial charge in [-0.25, -0.2) is 4.21 Å². The Kier molecular flexibility index (Phi) is 3.58. The van der Waals surface area contributed by atoms with Crippen LogP contribution in [0.15, 0.2) is 28.8 Å². The first-order valence-corrected chi connectivity index (χ1v) is 7.30. The lowest BCUT2D eigenvalue weighted by Gasteiger charge is -2.14. The van der Waals surface area contributed by atoms with E-state index in [4.69, 9.17) is 0 Å². The third-order valence-electron chi connectivity index (χ3n) is 2.80. The zero-order valence-corrected chi connectivity index (χ0v) is 12.8. The van der Waals surface area contributed by atoms with Crippen LogP contribution in [0.2, 0.25) is 0 Å². The smallest absolute Gasteiger partial charge is 0.145 e. The van der Waals surface area contributed by atoms with E-state index in [0.717, 1.165) is 22.2 Å². The Morgan fingerprint density at radius 1 is 1.37 bits per heavy atom. The van der Waals surface area contributed by atoms with E-state index in [2.05, 4.69) is 9.50 Å². The minimum atomic E-state index is -1.24. The molecule has 0 bridgehead atoms. The normalized spacial score (nSPS) is 14.9. The van der Waals surface area contributed by atoms with Gasteiger partial charge >= 0.3 is 0 Å². The minimum Gasteiger partial charge on any atom is -0.275 e. The lowest BCUT2D eigenvalue weighted by Crippen LogP contribution is -2.20. The van der Waals surface area contributed by atoms with Crippen molar-refractivity contribution in [1.29, 1.82) is 0 Å². The van der Waals surface area contributed by atoms with Crippen molar-refractivity contribution in [1.82, 2.24) is 9.78 Å². The molecule has 0 N–H and O–H groups in total. The van der Waals surface area contributed by atoms with Crippen molar-refractivity contribution in [2.45, 2.75) is 32.4 Å². The van der Waals surface area contributed by atoms with E-state index in [1.54, 1.807) is 4.68 Å². The van der Waals surface area contributed by atoms with Gasteiger partial charge in [0.05, 0.1) is 16.0 Å². The van der Waals surface area contributed by atoms with Gasteiger partial charge in [-0.15, -0.1) is 0 Å². The van der Waals surface area contributed by atoms with Gasteiger partial charge in [-0.2, -0.15) is 9.50 Å². The fourth-order valence-electron chi connectivity index (χ4n) is 1.79. The maximum absolute atomic E-state index is 12.1. The number of hydrogen-bond donors (Lipinski definition) is 0. The lowest BCUT2D eigenvalue weighted by molar-refractivity contribution is 0.650. The summed E-state index contributed by atoms with van der Waals surface area (Å²) in [5.41, 5.74) is 2.70. The van der Waals surface area contributed by atoms with Gasteiger partial charge in [-0.1, -0.05) is 12.1 Å². The highest BCUT2D eigenvalue weighted by molar-refractivity contribution is 7.85. The van der Waals surface area contributed by atoms with Crippen LogP contribution in [-0.2, 0) is 18.0 Å². The Labute approximate surface area is 116 Å². The van der Waals surface area contributed by atoms with Crippen molar-refractivity contribution in [2.75, 3.05) is 0 Å². The topological polar surface area (TPSA) is 47.2 Å². The molecule has 1 atom stereocenters. The molecule has 0 radical (unpaired) electrons. The summed E-state index contributed by atoms with van der Waals surface area (Å²) in [6.45, 7) is 7.66. The SMILES string of the molecule is CC(=N[S@@](=O)C(C)(C)C)c1cccc2nn(C)cc12. The molecular formula is C14H19N3OS. The van der Waals surface area contributed by atoms with E-state index in [-0.39, 0.29) is 4.75 Å². The maximum Gasteiger partial charge on any atom is 0.145 e. The predicted octanol–water partition coefficient (Wildman–Crippen LogP) is 2.84. The molecule has 0 aliphatic rings. The summed E-state index contributed by atoms with van der Waals surface area (Å²) < 4.78 is 17.9. The van der Waals surface area contributed by atoms with Crippen molar-refractivity contribution in [3.8, 4) is 0 Å². The Hall–Kier alpha value is -1.49. The predicted molar refractivity (Wildman–Crippen MR) is 80.8 cm³/mol. The van der Waals surface area contributed by atoms with E-state index in [1.165, 1.54) is 0 Å². The van der Waals surface area contributed by atoms with E-state index in [0.29, 0.717) is 0 Å². The second-order valence-corrected chi connectivity index (χ2v) is 7.48. The lowest BCUT2D eigenvalue weighted by atomic mass is 10.1. The Bertz CT molecular complexity index is 665. The average molecular weight is 277 g/mol. The third kappa shape index (κ3) is 2.92. The highest BCUT2D eigenvalue weighted by atomic mass is 32.2. The molecule has 1 aromatic heterocycles. The molecule has 1 heterocycles. The molecule has 0 amide bonds. The van der Waals surface area contributed by atoms with Gasteiger partial charge in [0, 0.05) is 24.2 Å². The van der Waals surface area contributed by atoms with Crippen molar-refractivity contribution >= 4 is 27.6 Å². The fraction of sp³-hybridized carbons (Fsp3) is 0.429. The van der Waals surface area contributed by atoms with Crippen LogP contribution in [0.25, 0.3) is 10.9 Å². The third-order valence-corrected chi connectivity index (χ3v) is 4.29. The zero-order valence-electron chi connectivity index (χ0n) is 12.0. The first kappa shape index (κ1) is 13.9. The van der Waals surface area contributed by atoms with Crippen LogP contribution in [0, 0.1) is 0 Å². The summed E-state index contributed by atoms with van der Waals surface area (Å²) in [4.78, 5) is 0. The Morgan fingerprint density at radius 2 is 2.05 bits per heavy atom. The highest BCUT2D eigenvalue weighted by Gasteiger charge is 2.19. The van der Waals surface area contributed by atoms with Crippen LogP contribution in [-0.4, -0.2) is 24.4 Å². The van der Waals surface area contributed by atoms with Crippen LogP contribution in [0.4, 0.5) is 0 Å². The first-order valence-electron chi connectivity index (χ1n) is 6.19. The molecule has 102 valence electrons. The molecular weight excluding hydrogens is 258 g/mol. The Balaban J connectivity index is 2.50. The van der Waals surface area contributed by atoms with Crippen molar-refractivity contribution in [2.24, 2.45) is 11.4 Å². The Morgan fingerprint density at radius 3 is 2.68 bits per heavy atom. The second-order valence-electron chi connectivity index (χ2n) is 5.58. The molecule has 0 aliphatic heterocycles. The van der Waals surface area contributed by atoms with Crippen LogP contribution < -0.4 is 0 Å². The number of aromatic nitrogens is 2.